The molecule has 0 fully saturated rings. The van der Waals surface area contributed by atoms with Gasteiger partial charge >= 0.3 is 0 Å². The Labute approximate surface area is 170 Å². The van der Waals surface area contributed by atoms with Crippen molar-refractivity contribution in [3.8, 4) is 5.69 Å². The van der Waals surface area contributed by atoms with Gasteiger partial charge in [0, 0.05) is 24.8 Å². The van der Waals surface area contributed by atoms with Crippen molar-refractivity contribution in [1.29, 1.82) is 0 Å². The number of fused-ring (bicyclic) bond motifs is 2. The normalized spacial score (nSPS) is 11.3. The Hall–Kier alpha value is -4.14. The zero-order valence-corrected chi connectivity index (χ0v) is 16.2. The minimum Gasteiger partial charge on any atom is -0.321 e. The number of hydrogen-bond acceptors (Lipinski definition) is 5. The highest BCUT2D eigenvalue weighted by molar-refractivity contribution is 6.09. The van der Waals surface area contributed by atoms with Crippen molar-refractivity contribution < 1.29 is 9.18 Å². The first-order chi connectivity index (χ1) is 14.5. The highest BCUT2D eigenvalue weighted by atomic mass is 19.1. The molecule has 1 aromatic carbocycles. The van der Waals surface area contributed by atoms with Crippen LogP contribution in [0.2, 0.25) is 0 Å². The summed E-state index contributed by atoms with van der Waals surface area (Å²) in [5.41, 5.74) is 3.70. The molecule has 0 saturated carbocycles. The molecule has 0 aliphatic rings. The summed E-state index contributed by atoms with van der Waals surface area (Å²) < 4.78 is 16.5. The monoisotopic (exact) mass is 401 g/mol. The van der Waals surface area contributed by atoms with Gasteiger partial charge in [-0.1, -0.05) is 0 Å². The second-order valence-electron chi connectivity index (χ2n) is 6.89. The van der Waals surface area contributed by atoms with Gasteiger partial charge in [0.25, 0.3) is 5.91 Å². The van der Waals surface area contributed by atoms with Gasteiger partial charge in [-0.3, -0.25) is 9.48 Å². The molecule has 0 radical (unpaired) electrons. The Morgan fingerprint density at radius 3 is 2.63 bits per heavy atom. The van der Waals surface area contributed by atoms with Crippen molar-refractivity contribution in [3.05, 3.63) is 72.1 Å². The van der Waals surface area contributed by atoms with E-state index in [0.717, 1.165) is 16.5 Å². The van der Waals surface area contributed by atoms with E-state index in [9.17, 15) is 9.18 Å². The standard InChI is InChI=1S/C21H16FN7O/c1-12-16-9-13(10-24-20(16)29(27-12)15-5-3-14(22)4-6-15)21(30)26-18-7-8-23-19-17(18)11-25-28(19)2/h3-11H,1-2H3,(H,23,26,30). The maximum atomic E-state index is 13.2. The molecule has 1 N–H and O–H groups in total. The number of halogens is 1. The van der Waals surface area contributed by atoms with Crippen LogP contribution in [0.25, 0.3) is 27.8 Å². The SMILES string of the molecule is Cc1nn(-c2ccc(F)cc2)c2ncc(C(=O)Nc3ccnc4c3cnn4C)cc12. The average Bonchev–Trinajstić information content (AvgIpc) is 3.29. The first-order valence-electron chi connectivity index (χ1n) is 9.20. The first-order valence-corrected chi connectivity index (χ1v) is 9.20. The minimum absolute atomic E-state index is 0.297. The van der Waals surface area contributed by atoms with Crippen LogP contribution < -0.4 is 5.32 Å². The summed E-state index contributed by atoms with van der Waals surface area (Å²) in [7, 11) is 1.79. The van der Waals surface area contributed by atoms with E-state index in [0.29, 0.717) is 28.2 Å². The van der Waals surface area contributed by atoms with E-state index in [1.165, 1.54) is 18.3 Å². The van der Waals surface area contributed by atoms with Gasteiger partial charge < -0.3 is 5.32 Å². The number of carbonyl (C=O) groups excluding carboxylic acids is 1. The molecule has 30 heavy (non-hydrogen) atoms. The fraction of sp³-hybridized carbons (Fsp3) is 0.0952. The van der Waals surface area contributed by atoms with Crippen molar-refractivity contribution in [2.45, 2.75) is 6.92 Å². The number of benzene rings is 1. The molecule has 4 heterocycles. The van der Waals surface area contributed by atoms with Crippen molar-refractivity contribution in [1.82, 2.24) is 29.5 Å². The molecule has 0 atom stereocenters. The second-order valence-corrected chi connectivity index (χ2v) is 6.89. The summed E-state index contributed by atoms with van der Waals surface area (Å²) in [6, 6.07) is 9.48. The highest BCUT2D eigenvalue weighted by Crippen LogP contribution is 2.24. The van der Waals surface area contributed by atoms with E-state index in [2.05, 4.69) is 25.5 Å². The van der Waals surface area contributed by atoms with E-state index < -0.39 is 0 Å². The fourth-order valence-corrected chi connectivity index (χ4v) is 3.38. The van der Waals surface area contributed by atoms with Crippen LogP contribution in [-0.2, 0) is 7.05 Å². The Balaban J connectivity index is 1.51. The molecule has 0 bridgehead atoms. The lowest BCUT2D eigenvalue weighted by Gasteiger charge is -2.07. The van der Waals surface area contributed by atoms with Gasteiger partial charge in [-0.15, -0.1) is 0 Å². The largest absolute Gasteiger partial charge is 0.321 e. The quantitative estimate of drug-likeness (QED) is 0.500. The molecule has 0 saturated heterocycles. The van der Waals surface area contributed by atoms with Crippen molar-refractivity contribution in [2.75, 3.05) is 5.32 Å². The van der Waals surface area contributed by atoms with Gasteiger partial charge in [0.15, 0.2) is 11.3 Å². The van der Waals surface area contributed by atoms with Crippen LogP contribution in [0.3, 0.4) is 0 Å². The Morgan fingerprint density at radius 1 is 1.03 bits per heavy atom. The smallest absolute Gasteiger partial charge is 0.257 e. The molecule has 0 aliphatic heterocycles. The van der Waals surface area contributed by atoms with Crippen molar-refractivity contribution >= 4 is 33.7 Å². The van der Waals surface area contributed by atoms with E-state index in [1.54, 1.807) is 53.1 Å². The van der Waals surface area contributed by atoms with Crippen LogP contribution in [0.4, 0.5) is 10.1 Å². The van der Waals surface area contributed by atoms with Gasteiger partial charge in [-0.2, -0.15) is 10.2 Å². The third-order valence-corrected chi connectivity index (χ3v) is 4.92. The average molecular weight is 401 g/mol. The highest BCUT2D eigenvalue weighted by Gasteiger charge is 2.16. The van der Waals surface area contributed by atoms with Gasteiger partial charge in [-0.05, 0) is 43.3 Å². The zero-order chi connectivity index (χ0) is 20.8. The maximum Gasteiger partial charge on any atom is 0.257 e. The number of pyridine rings is 2. The summed E-state index contributed by atoms with van der Waals surface area (Å²) in [5.74, 6) is -0.618. The van der Waals surface area contributed by atoms with Crippen LogP contribution in [0.1, 0.15) is 16.1 Å². The topological polar surface area (TPSA) is 90.5 Å². The molecule has 0 spiro atoms. The molecule has 1 amide bonds. The summed E-state index contributed by atoms with van der Waals surface area (Å²) >= 11 is 0. The van der Waals surface area contributed by atoms with Gasteiger partial charge in [0.1, 0.15) is 5.82 Å². The lowest BCUT2D eigenvalue weighted by molar-refractivity contribution is 0.102. The Kier molecular flexibility index (Phi) is 4.02. The van der Waals surface area contributed by atoms with Crippen LogP contribution >= 0.6 is 0 Å². The maximum absolute atomic E-state index is 13.2. The van der Waals surface area contributed by atoms with Crippen molar-refractivity contribution in [3.63, 3.8) is 0 Å². The Morgan fingerprint density at radius 2 is 1.83 bits per heavy atom. The summed E-state index contributed by atoms with van der Waals surface area (Å²) in [6.45, 7) is 1.84. The molecule has 8 nitrogen and oxygen atoms in total. The van der Waals surface area contributed by atoms with E-state index in [4.69, 9.17) is 0 Å². The number of amides is 1. The number of rotatable bonds is 3. The van der Waals surface area contributed by atoms with E-state index in [1.807, 2.05) is 6.92 Å². The number of nitrogens with zero attached hydrogens (tertiary/aromatic N) is 6. The number of nitrogens with one attached hydrogen (secondary N) is 1. The number of aromatic nitrogens is 6. The van der Waals surface area contributed by atoms with Gasteiger partial charge in [0.2, 0.25) is 0 Å². The van der Waals surface area contributed by atoms with Gasteiger partial charge in [0.05, 0.1) is 34.2 Å². The number of carbonyl (C=O) groups is 1. The van der Waals surface area contributed by atoms with Crippen LogP contribution in [-0.4, -0.2) is 35.4 Å². The molecular weight excluding hydrogens is 385 g/mol. The van der Waals surface area contributed by atoms with Gasteiger partial charge in [-0.25, -0.2) is 19.0 Å². The molecule has 9 heteroatoms. The third-order valence-electron chi connectivity index (χ3n) is 4.92. The first kappa shape index (κ1) is 17.9. The predicted octanol–water partition coefficient (Wildman–Crippen LogP) is 3.40. The summed E-state index contributed by atoms with van der Waals surface area (Å²) in [4.78, 5) is 21.6. The lowest BCUT2D eigenvalue weighted by atomic mass is 10.2. The van der Waals surface area contributed by atoms with Crippen LogP contribution in [0.15, 0.2) is 55.0 Å². The second kappa shape index (κ2) is 6.73. The molecular formula is C21H16FN7O. The number of anilines is 1. The summed E-state index contributed by atoms with van der Waals surface area (Å²) in [6.07, 6.45) is 4.79. The van der Waals surface area contributed by atoms with Crippen LogP contribution in [0, 0.1) is 12.7 Å². The molecule has 0 aliphatic carbocycles. The zero-order valence-electron chi connectivity index (χ0n) is 16.2. The lowest BCUT2D eigenvalue weighted by Crippen LogP contribution is -2.12. The molecule has 4 aromatic heterocycles. The summed E-state index contributed by atoms with van der Waals surface area (Å²) in [5, 5.41) is 13.1. The number of aryl methyl sites for hydroxylation is 2. The fourth-order valence-electron chi connectivity index (χ4n) is 3.38. The van der Waals surface area contributed by atoms with Crippen molar-refractivity contribution in [2.24, 2.45) is 7.05 Å². The van der Waals surface area contributed by atoms with E-state index in [-0.39, 0.29) is 11.7 Å². The third kappa shape index (κ3) is 2.87. The molecule has 5 rings (SSSR count). The number of hydrogen-bond donors (Lipinski definition) is 1. The van der Waals surface area contributed by atoms with E-state index >= 15 is 0 Å². The van der Waals surface area contributed by atoms with Crippen LogP contribution in [0.5, 0.6) is 0 Å². The molecule has 148 valence electrons. The Bertz CT molecular complexity index is 1420. The minimum atomic E-state index is -0.322. The molecule has 5 aromatic rings. The predicted molar refractivity (Wildman–Crippen MR) is 110 cm³/mol. The molecule has 0 unspecified atom stereocenters.